The third-order valence-corrected chi connectivity index (χ3v) is 4.52. The Morgan fingerprint density at radius 3 is 2.58 bits per heavy atom. The number of amides is 1. The highest BCUT2D eigenvalue weighted by molar-refractivity contribution is 5.91. The van der Waals surface area contributed by atoms with Crippen LogP contribution >= 0.6 is 0 Å². The first-order chi connectivity index (χ1) is 11.7. The second-order valence-corrected chi connectivity index (χ2v) is 6.21. The minimum absolute atomic E-state index is 0.0686. The van der Waals surface area contributed by atoms with Crippen molar-refractivity contribution in [2.24, 2.45) is 0 Å². The topological polar surface area (TPSA) is 59.8 Å². The van der Waals surface area contributed by atoms with Gasteiger partial charge in [0.15, 0.2) is 0 Å². The van der Waals surface area contributed by atoms with Gasteiger partial charge in [-0.25, -0.2) is 0 Å². The summed E-state index contributed by atoms with van der Waals surface area (Å²) in [5.41, 5.74) is 0. The molecule has 0 bridgehead atoms. The fourth-order valence-electron chi connectivity index (χ4n) is 3.17. The van der Waals surface area contributed by atoms with Gasteiger partial charge in [-0.15, -0.1) is 0 Å². The maximum Gasteiger partial charge on any atom is 0.307 e. The summed E-state index contributed by atoms with van der Waals surface area (Å²) in [7, 11) is 1.38. The van der Waals surface area contributed by atoms with E-state index >= 15 is 0 Å². The molecule has 0 aromatic carbocycles. The predicted octanol–water partition coefficient (Wildman–Crippen LogP) is 3.80. The van der Waals surface area contributed by atoms with Crippen LogP contribution in [0.15, 0.2) is 28.9 Å². The van der Waals surface area contributed by atoms with E-state index in [4.69, 9.17) is 9.15 Å². The summed E-state index contributed by atoms with van der Waals surface area (Å²) >= 11 is 0. The lowest BCUT2D eigenvalue weighted by Crippen LogP contribution is -2.41. The molecule has 1 aromatic rings. The average Bonchev–Trinajstić information content (AvgIpc) is 3.07. The van der Waals surface area contributed by atoms with E-state index in [9.17, 15) is 9.59 Å². The van der Waals surface area contributed by atoms with Gasteiger partial charge in [-0.05, 0) is 31.1 Å². The number of esters is 1. The molecule has 5 nitrogen and oxygen atoms in total. The molecule has 1 aliphatic rings. The molecule has 0 aliphatic heterocycles. The summed E-state index contributed by atoms with van der Waals surface area (Å²) < 4.78 is 9.95. The van der Waals surface area contributed by atoms with Crippen molar-refractivity contribution in [2.75, 3.05) is 13.7 Å². The molecule has 24 heavy (non-hydrogen) atoms. The minimum atomic E-state index is -0.284. The molecule has 132 valence electrons. The lowest BCUT2D eigenvalue weighted by Gasteiger charge is -2.32. The Morgan fingerprint density at radius 2 is 1.96 bits per heavy atom. The molecule has 0 spiro atoms. The zero-order chi connectivity index (χ0) is 17.2. The van der Waals surface area contributed by atoms with Crippen molar-refractivity contribution in [3.8, 4) is 0 Å². The fourth-order valence-corrected chi connectivity index (χ4v) is 3.17. The molecule has 0 unspecified atom stereocenters. The van der Waals surface area contributed by atoms with Gasteiger partial charge in [-0.1, -0.05) is 32.1 Å². The van der Waals surface area contributed by atoms with Crippen LogP contribution < -0.4 is 0 Å². The van der Waals surface area contributed by atoms with E-state index in [1.165, 1.54) is 32.4 Å². The van der Waals surface area contributed by atoms with Crippen LogP contribution in [0.3, 0.4) is 0 Å². The number of methoxy groups -OCH3 is 1. The number of carbonyl (C=O) groups is 2. The third-order valence-electron chi connectivity index (χ3n) is 4.52. The van der Waals surface area contributed by atoms with Crippen LogP contribution in [0.4, 0.5) is 0 Å². The van der Waals surface area contributed by atoms with Crippen molar-refractivity contribution in [1.82, 2.24) is 4.90 Å². The SMILES string of the molecule is COC(=O)CCN(C(=O)/C=C/c1ccco1)C1CCCCCCC1. The lowest BCUT2D eigenvalue weighted by molar-refractivity contribution is -0.141. The van der Waals surface area contributed by atoms with Crippen LogP contribution in [-0.2, 0) is 14.3 Å². The first kappa shape index (κ1) is 18.3. The molecule has 1 saturated carbocycles. The molecule has 1 fully saturated rings. The van der Waals surface area contributed by atoms with E-state index in [0.717, 1.165) is 25.7 Å². The molecule has 0 radical (unpaired) electrons. The van der Waals surface area contributed by atoms with Crippen molar-refractivity contribution in [3.63, 3.8) is 0 Å². The zero-order valence-corrected chi connectivity index (χ0v) is 14.4. The molecule has 0 saturated heterocycles. The van der Waals surface area contributed by atoms with Gasteiger partial charge in [-0.3, -0.25) is 9.59 Å². The highest BCUT2D eigenvalue weighted by atomic mass is 16.5. The number of ether oxygens (including phenoxy) is 1. The van der Waals surface area contributed by atoms with Gasteiger partial charge in [-0.2, -0.15) is 0 Å². The first-order valence-electron chi connectivity index (χ1n) is 8.79. The number of carbonyl (C=O) groups excluding carboxylic acids is 2. The Labute approximate surface area is 143 Å². The number of hydrogen-bond acceptors (Lipinski definition) is 4. The summed E-state index contributed by atoms with van der Waals surface area (Å²) in [6.45, 7) is 0.401. The monoisotopic (exact) mass is 333 g/mol. The maximum atomic E-state index is 12.7. The van der Waals surface area contributed by atoms with Crippen molar-refractivity contribution >= 4 is 18.0 Å². The summed E-state index contributed by atoms with van der Waals surface area (Å²) in [6.07, 6.45) is 13.0. The minimum Gasteiger partial charge on any atom is -0.469 e. The van der Waals surface area contributed by atoms with E-state index < -0.39 is 0 Å². The molecule has 1 heterocycles. The van der Waals surface area contributed by atoms with Crippen molar-refractivity contribution in [2.45, 2.75) is 57.4 Å². The summed E-state index contributed by atoms with van der Waals surface area (Å²) in [4.78, 5) is 26.0. The second kappa shape index (κ2) is 9.96. The fraction of sp³-hybridized carbons (Fsp3) is 0.579. The molecule has 0 N–H and O–H groups in total. The number of rotatable bonds is 6. The largest absolute Gasteiger partial charge is 0.469 e. The highest BCUT2D eigenvalue weighted by Crippen LogP contribution is 2.22. The molecule has 5 heteroatoms. The van der Waals surface area contributed by atoms with Crippen LogP contribution in [0.25, 0.3) is 6.08 Å². The van der Waals surface area contributed by atoms with E-state index in [1.807, 2.05) is 4.90 Å². The van der Waals surface area contributed by atoms with Gasteiger partial charge in [0.2, 0.25) is 5.91 Å². The van der Waals surface area contributed by atoms with Gasteiger partial charge in [0.25, 0.3) is 0 Å². The maximum absolute atomic E-state index is 12.7. The Morgan fingerprint density at radius 1 is 1.25 bits per heavy atom. The molecule has 1 aromatic heterocycles. The smallest absolute Gasteiger partial charge is 0.307 e. The summed E-state index contributed by atoms with van der Waals surface area (Å²) in [5.74, 6) is 0.295. The molecular formula is C19H27NO4. The van der Waals surface area contributed by atoms with Gasteiger partial charge in [0.1, 0.15) is 5.76 Å². The Kier molecular flexibility index (Phi) is 7.59. The standard InChI is InChI=1S/C19H27NO4/c1-23-19(22)13-14-20(16-8-5-3-2-4-6-9-16)18(21)12-11-17-10-7-15-24-17/h7,10-12,15-16H,2-6,8-9,13-14H2,1H3/b12-11+. The van der Waals surface area contributed by atoms with Crippen molar-refractivity contribution in [3.05, 3.63) is 30.2 Å². The van der Waals surface area contributed by atoms with Gasteiger partial charge >= 0.3 is 5.97 Å². The van der Waals surface area contributed by atoms with Gasteiger partial charge in [0, 0.05) is 18.7 Å². The molecule has 2 rings (SSSR count). The normalized spacial score (nSPS) is 16.5. The molecule has 1 amide bonds. The van der Waals surface area contributed by atoms with E-state index in [1.54, 1.807) is 24.5 Å². The number of hydrogen-bond donors (Lipinski definition) is 0. The average molecular weight is 333 g/mol. The Hall–Kier alpha value is -2.04. The quantitative estimate of drug-likeness (QED) is 0.587. The zero-order valence-electron chi connectivity index (χ0n) is 14.4. The number of nitrogens with zero attached hydrogens (tertiary/aromatic N) is 1. The highest BCUT2D eigenvalue weighted by Gasteiger charge is 2.23. The van der Waals surface area contributed by atoms with Crippen LogP contribution in [-0.4, -0.2) is 36.5 Å². The Bertz CT molecular complexity index is 528. The first-order valence-corrected chi connectivity index (χ1v) is 8.79. The van der Waals surface area contributed by atoms with Crippen LogP contribution in [0.1, 0.15) is 57.1 Å². The predicted molar refractivity (Wildman–Crippen MR) is 92.2 cm³/mol. The molecule has 1 aliphatic carbocycles. The molecule has 0 atom stereocenters. The Balaban J connectivity index is 2.04. The molecular weight excluding hydrogens is 306 g/mol. The summed E-state index contributed by atoms with van der Waals surface area (Å²) in [5, 5.41) is 0. The van der Waals surface area contributed by atoms with Gasteiger partial charge in [0.05, 0.1) is 19.8 Å². The second-order valence-electron chi connectivity index (χ2n) is 6.21. The van der Waals surface area contributed by atoms with Crippen LogP contribution in [0.5, 0.6) is 0 Å². The third kappa shape index (κ3) is 5.87. The van der Waals surface area contributed by atoms with Gasteiger partial charge < -0.3 is 14.1 Å². The van der Waals surface area contributed by atoms with Crippen LogP contribution in [0.2, 0.25) is 0 Å². The van der Waals surface area contributed by atoms with E-state index in [-0.39, 0.29) is 24.3 Å². The van der Waals surface area contributed by atoms with E-state index in [2.05, 4.69) is 0 Å². The lowest BCUT2D eigenvalue weighted by atomic mass is 9.95. The van der Waals surface area contributed by atoms with E-state index in [0.29, 0.717) is 12.3 Å². The van der Waals surface area contributed by atoms with Crippen LogP contribution in [0, 0.1) is 0 Å². The summed E-state index contributed by atoms with van der Waals surface area (Å²) in [6, 6.07) is 3.79. The van der Waals surface area contributed by atoms with Crippen molar-refractivity contribution < 1.29 is 18.7 Å². The number of furan rings is 1. The van der Waals surface area contributed by atoms with Crippen molar-refractivity contribution in [1.29, 1.82) is 0 Å².